The molecule has 3 rings (SSSR count). The minimum atomic E-state index is -0.993. The molecule has 9 heteroatoms. The molecule has 152 valence electrons. The van der Waals surface area contributed by atoms with E-state index < -0.39 is 34.6 Å². The lowest BCUT2D eigenvalue weighted by atomic mass is 10.1. The van der Waals surface area contributed by atoms with Crippen molar-refractivity contribution in [3.8, 4) is 5.75 Å². The zero-order valence-corrected chi connectivity index (χ0v) is 15.5. The lowest BCUT2D eigenvalue weighted by molar-refractivity contribution is 0.0698. The Labute approximate surface area is 164 Å². The van der Waals surface area contributed by atoms with Gasteiger partial charge in [0.05, 0.1) is 0 Å². The number of carbonyl (C=O) groups is 2. The second kappa shape index (κ2) is 8.26. The maximum absolute atomic E-state index is 13.7. The number of carbonyl (C=O) groups excluding carboxylic acids is 2. The van der Waals surface area contributed by atoms with Crippen molar-refractivity contribution in [3.63, 3.8) is 0 Å². The first-order valence-corrected chi connectivity index (χ1v) is 8.92. The van der Waals surface area contributed by atoms with E-state index in [0.717, 1.165) is 6.07 Å². The number of hydrogen-bond donors (Lipinski definition) is 2. The van der Waals surface area contributed by atoms with Crippen molar-refractivity contribution in [1.82, 2.24) is 14.8 Å². The van der Waals surface area contributed by atoms with Crippen LogP contribution in [0.5, 0.6) is 5.75 Å². The van der Waals surface area contributed by atoms with E-state index in [1.807, 2.05) is 0 Å². The topological polar surface area (TPSA) is 91.6 Å². The molecule has 2 amide bonds. The Morgan fingerprint density at radius 1 is 1.28 bits per heavy atom. The van der Waals surface area contributed by atoms with Gasteiger partial charge >= 0.3 is 0 Å². The molecule has 1 aliphatic rings. The van der Waals surface area contributed by atoms with E-state index in [-0.39, 0.29) is 23.4 Å². The number of aromatic hydroxyl groups is 1. The quantitative estimate of drug-likeness (QED) is 0.720. The van der Waals surface area contributed by atoms with Gasteiger partial charge in [-0.25, -0.2) is 8.78 Å². The van der Waals surface area contributed by atoms with Gasteiger partial charge in [-0.3, -0.25) is 14.4 Å². The van der Waals surface area contributed by atoms with Crippen molar-refractivity contribution in [2.75, 3.05) is 13.1 Å². The minimum Gasteiger partial charge on any atom is -0.503 e. The number of nitrogens with one attached hydrogen (secondary N) is 1. The number of benzene rings is 1. The summed E-state index contributed by atoms with van der Waals surface area (Å²) < 4.78 is 28.0. The second-order valence-electron chi connectivity index (χ2n) is 6.55. The summed E-state index contributed by atoms with van der Waals surface area (Å²) >= 11 is 0. The number of halogens is 2. The van der Waals surface area contributed by atoms with Crippen molar-refractivity contribution >= 4 is 11.8 Å². The highest BCUT2D eigenvalue weighted by Gasteiger charge is 2.30. The summed E-state index contributed by atoms with van der Waals surface area (Å²) in [6, 6.07) is 2.91. The maximum Gasteiger partial charge on any atom is 0.274 e. The Kier molecular flexibility index (Phi) is 5.76. The Hall–Kier alpha value is -3.49. The van der Waals surface area contributed by atoms with Crippen molar-refractivity contribution in [3.05, 3.63) is 75.7 Å². The Balaban J connectivity index is 1.83. The molecule has 0 saturated carbocycles. The van der Waals surface area contributed by atoms with Crippen LogP contribution in [0.25, 0.3) is 0 Å². The third-order valence-corrected chi connectivity index (χ3v) is 4.66. The average Bonchev–Trinajstić information content (AvgIpc) is 2.69. The summed E-state index contributed by atoms with van der Waals surface area (Å²) in [5.41, 5.74) is -1.50. The molecule has 0 aliphatic carbocycles. The fourth-order valence-corrected chi connectivity index (χ4v) is 3.09. The normalized spacial score (nSPS) is 13.2. The molecule has 0 radical (unpaired) electrons. The van der Waals surface area contributed by atoms with Crippen LogP contribution in [0.3, 0.4) is 0 Å². The Morgan fingerprint density at radius 3 is 2.72 bits per heavy atom. The van der Waals surface area contributed by atoms with E-state index in [0.29, 0.717) is 32.1 Å². The first kappa shape index (κ1) is 20.2. The lowest BCUT2D eigenvalue weighted by Crippen LogP contribution is -2.43. The Morgan fingerprint density at radius 2 is 2.03 bits per heavy atom. The number of fused-ring (bicyclic) bond motifs is 1. The summed E-state index contributed by atoms with van der Waals surface area (Å²) in [5.74, 6) is -3.74. The van der Waals surface area contributed by atoms with Crippen LogP contribution in [-0.2, 0) is 13.1 Å². The van der Waals surface area contributed by atoms with Crippen LogP contribution in [0.4, 0.5) is 8.78 Å². The highest BCUT2D eigenvalue weighted by atomic mass is 19.1. The van der Waals surface area contributed by atoms with Crippen LogP contribution >= 0.6 is 0 Å². The van der Waals surface area contributed by atoms with Crippen molar-refractivity contribution < 1.29 is 23.5 Å². The van der Waals surface area contributed by atoms with Gasteiger partial charge in [0.2, 0.25) is 5.43 Å². The molecular weight excluding hydrogens is 384 g/mol. The largest absolute Gasteiger partial charge is 0.503 e. The number of pyridine rings is 1. The summed E-state index contributed by atoms with van der Waals surface area (Å²) in [7, 11) is 0. The SMILES string of the molecule is C=CCCN1CCn2cc(C(=O)NCc3ccc(F)cc3F)c(=O)c(O)c2C1=O. The number of rotatable bonds is 6. The van der Waals surface area contributed by atoms with Gasteiger partial charge in [-0.05, 0) is 12.5 Å². The van der Waals surface area contributed by atoms with E-state index in [1.165, 1.54) is 21.7 Å². The zero-order chi connectivity index (χ0) is 21.1. The molecule has 0 fully saturated rings. The molecule has 0 atom stereocenters. The van der Waals surface area contributed by atoms with Crippen LogP contribution in [0.1, 0.15) is 32.8 Å². The number of hydrogen-bond acceptors (Lipinski definition) is 4. The maximum atomic E-state index is 13.7. The number of nitrogens with zero attached hydrogens (tertiary/aromatic N) is 2. The van der Waals surface area contributed by atoms with Gasteiger partial charge < -0.3 is 19.9 Å². The minimum absolute atomic E-state index is 0.0371. The molecule has 29 heavy (non-hydrogen) atoms. The number of amides is 2. The van der Waals surface area contributed by atoms with Crippen molar-refractivity contribution in [2.45, 2.75) is 19.5 Å². The van der Waals surface area contributed by atoms with Gasteiger partial charge in [-0.15, -0.1) is 6.58 Å². The molecule has 1 aliphatic heterocycles. The lowest BCUT2D eigenvalue weighted by Gasteiger charge is -2.30. The Bertz CT molecular complexity index is 1050. The molecule has 2 heterocycles. The monoisotopic (exact) mass is 403 g/mol. The smallest absolute Gasteiger partial charge is 0.274 e. The molecule has 1 aromatic carbocycles. The predicted octanol–water partition coefficient (Wildman–Crippen LogP) is 1.79. The van der Waals surface area contributed by atoms with Crippen molar-refractivity contribution in [2.24, 2.45) is 0 Å². The molecule has 0 spiro atoms. The van der Waals surface area contributed by atoms with Gasteiger partial charge in [0, 0.05) is 44.0 Å². The van der Waals surface area contributed by atoms with E-state index in [2.05, 4.69) is 11.9 Å². The number of aromatic nitrogens is 1. The third kappa shape index (κ3) is 4.03. The molecular formula is C20H19F2N3O4. The molecule has 1 aromatic heterocycles. The van der Waals surface area contributed by atoms with Crippen LogP contribution < -0.4 is 10.7 Å². The van der Waals surface area contributed by atoms with E-state index in [1.54, 1.807) is 6.08 Å². The third-order valence-electron chi connectivity index (χ3n) is 4.66. The summed E-state index contributed by atoms with van der Waals surface area (Å²) in [5, 5.41) is 12.6. The van der Waals surface area contributed by atoms with Crippen molar-refractivity contribution in [1.29, 1.82) is 0 Å². The second-order valence-corrected chi connectivity index (χ2v) is 6.55. The van der Waals surface area contributed by atoms with Gasteiger partial charge in [0.1, 0.15) is 17.2 Å². The molecule has 0 bridgehead atoms. The fourth-order valence-electron chi connectivity index (χ4n) is 3.09. The molecule has 2 aromatic rings. The molecule has 7 nitrogen and oxygen atoms in total. The van der Waals surface area contributed by atoms with Crippen LogP contribution in [-0.4, -0.2) is 39.5 Å². The highest BCUT2D eigenvalue weighted by molar-refractivity contribution is 5.99. The van der Waals surface area contributed by atoms with Gasteiger partial charge in [-0.2, -0.15) is 0 Å². The van der Waals surface area contributed by atoms with Gasteiger partial charge in [-0.1, -0.05) is 12.1 Å². The summed E-state index contributed by atoms with van der Waals surface area (Å²) in [6.45, 7) is 4.37. The first-order valence-electron chi connectivity index (χ1n) is 8.92. The molecule has 0 unspecified atom stereocenters. The van der Waals surface area contributed by atoms with Crippen LogP contribution in [0, 0.1) is 11.6 Å². The first-order chi connectivity index (χ1) is 13.8. The van der Waals surface area contributed by atoms with E-state index in [9.17, 15) is 28.3 Å². The highest BCUT2D eigenvalue weighted by Crippen LogP contribution is 2.20. The van der Waals surface area contributed by atoms with Crippen LogP contribution in [0.2, 0.25) is 0 Å². The van der Waals surface area contributed by atoms with Crippen LogP contribution in [0.15, 0.2) is 41.8 Å². The summed E-state index contributed by atoms with van der Waals surface area (Å²) in [4.78, 5) is 38.9. The predicted molar refractivity (Wildman–Crippen MR) is 101 cm³/mol. The average molecular weight is 403 g/mol. The standard InChI is InChI=1S/C20H19F2N3O4/c1-2-3-6-24-7-8-25-11-14(17(26)18(27)16(25)20(24)29)19(28)23-10-12-4-5-13(21)9-15(12)22/h2,4-5,9,11,27H,1,3,6-8,10H2,(H,23,28). The van der Waals surface area contributed by atoms with Gasteiger partial charge in [0.25, 0.3) is 11.8 Å². The van der Waals surface area contributed by atoms with E-state index in [4.69, 9.17) is 0 Å². The molecule has 0 saturated heterocycles. The zero-order valence-electron chi connectivity index (χ0n) is 15.5. The molecule has 2 N–H and O–H groups in total. The summed E-state index contributed by atoms with van der Waals surface area (Å²) in [6.07, 6.45) is 3.43. The fraction of sp³-hybridized carbons (Fsp3) is 0.250. The van der Waals surface area contributed by atoms with E-state index >= 15 is 0 Å². The van der Waals surface area contributed by atoms with Gasteiger partial charge in [0.15, 0.2) is 11.4 Å².